The summed E-state index contributed by atoms with van der Waals surface area (Å²) in [5.74, 6) is -1.25. The van der Waals surface area contributed by atoms with Crippen LogP contribution in [-0.2, 0) is 0 Å². The summed E-state index contributed by atoms with van der Waals surface area (Å²) in [6.07, 6.45) is 2.62. The molecule has 0 fully saturated rings. The van der Waals surface area contributed by atoms with Gasteiger partial charge in [-0.15, -0.1) is 0 Å². The van der Waals surface area contributed by atoms with Gasteiger partial charge in [-0.2, -0.15) is 0 Å². The van der Waals surface area contributed by atoms with E-state index < -0.39 is 11.8 Å². The zero-order valence-corrected chi connectivity index (χ0v) is 9.19. The SMILES string of the molecule is O=C(Oc1cc(F)cc(Cl)c1)c1ccncn1.[KH]. The molecule has 1 aromatic carbocycles. The molecule has 18 heavy (non-hydrogen) atoms. The molecular weight excluding hydrogens is 286 g/mol. The zero-order valence-electron chi connectivity index (χ0n) is 8.43. The van der Waals surface area contributed by atoms with Crippen LogP contribution in [0.25, 0.3) is 0 Å². The van der Waals surface area contributed by atoms with Crippen molar-refractivity contribution in [3.05, 3.63) is 53.3 Å². The predicted octanol–water partition coefficient (Wildman–Crippen LogP) is 1.84. The van der Waals surface area contributed by atoms with E-state index in [2.05, 4.69) is 9.97 Å². The minimum atomic E-state index is -0.700. The van der Waals surface area contributed by atoms with Gasteiger partial charge in [-0.1, -0.05) is 11.6 Å². The van der Waals surface area contributed by atoms with Crippen molar-refractivity contribution in [3.63, 3.8) is 0 Å². The molecule has 0 aliphatic rings. The Morgan fingerprint density at radius 3 is 2.72 bits per heavy atom. The van der Waals surface area contributed by atoms with E-state index in [0.29, 0.717) is 0 Å². The predicted molar refractivity (Wildman–Crippen MR) is 65.5 cm³/mol. The summed E-state index contributed by atoms with van der Waals surface area (Å²) >= 11 is 5.62. The molecule has 0 radical (unpaired) electrons. The van der Waals surface area contributed by atoms with Gasteiger partial charge >= 0.3 is 57.4 Å². The van der Waals surface area contributed by atoms with Crippen LogP contribution >= 0.6 is 11.6 Å². The number of carbonyl (C=O) groups excluding carboxylic acids is 1. The molecule has 0 amide bonds. The van der Waals surface area contributed by atoms with Gasteiger partial charge in [0.15, 0.2) is 5.69 Å². The fourth-order valence-corrected chi connectivity index (χ4v) is 1.37. The molecule has 0 unspecified atom stereocenters. The maximum atomic E-state index is 13.0. The summed E-state index contributed by atoms with van der Waals surface area (Å²) in [6, 6.07) is 4.90. The Hall–Kier alpha value is -0.374. The third-order valence-corrected chi connectivity index (χ3v) is 2.06. The van der Waals surface area contributed by atoms with E-state index in [-0.39, 0.29) is 67.9 Å². The normalized spacial score (nSPS) is 9.44. The van der Waals surface area contributed by atoms with Crippen molar-refractivity contribution in [1.82, 2.24) is 9.97 Å². The summed E-state index contributed by atoms with van der Waals surface area (Å²) in [5, 5.41) is 0.149. The fourth-order valence-electron chi connectivity index (χ4n) is 1.16. The second-order valence-electron chi connectivity index (χ2n) is 3.09. The second-order valence-corrected chi connectivity index (χ2v) is 3.53. The van der Waals surface area contributed by atoms with E-state index in [4.69, 9.17) is 16.3 Å². The van der Waals surface area contributed by atoms with Crippen LogP contribution < -0.4 is 4.74 Å². The first-order valence-electron chi connectivity index (χ1n) is 4.59. The van der Waals surface area contributed by atoms with Crippen molar-refractivity contribution >= 4 is 69.0 Å². The van der Waals surface area contributed by atoms with Crippen LogP contribution in [0.15, 0.2) is 36.8 Å². The van der Waals surface area contributed by atoms with Crippen LogP contribution in [0.2, 0.25) is 5.02 Å². The van der Waals surface area contributed by atoms with Crippen molar-refractivity contribution in [2.45, 2.75) is 0 Å². The van der Waals surface area contributed by atoms with Crippen molar-refractivity contribution in [2.24, 2.45) is 0 Å². The van der Waals surface area contributed by atoms with Crippen molar-refractivity contribution in [3.8, 4) is 5.75 Å². The van der Waals surface area contributed by atoms with Gasteiger partial charge in [0.2, 0.25) is 0 Å². The molecule has 4 nitrogen and oxygen atoms in total. The number of carbonyl (C=O) groups is 1. The summed E-state index contributed by atoms with van der Waals surface area (Å²) in [6.45, 7) is 0. The summed E-state index contributed by atoms with van der Waals surface area (Å²) < 4.78 is 17.9. The summed E-state index contributed by atoms with van der Waals surface area (Å²) in [4.78, 5) is 18.9. The van der Waals surface area contributed by atoms with Gasteiger partial charge in [0.25, 0.3) is 0 Å². The third kappa shape index (κ3) is 4.38. The van der Waals surface area contributed by atoms with Crippen LogP contribution in [-0.4, -0.2) is 67.3 Å². The van der Waals surface area contributed by atoms with E-state index in [1.807, 2.05) is 0 Å². The Bertz CT molecular complexity index is 534. The molecule has 0 spiro atoms. The van der Waals surface area contributed by atoms with Crippen molar-refractivity contribution < 1.29 is 13.9 Å². The number of hydrogen-bond acceptors (Lipinski definition) is 4. The molecule has 2 aromatic rings. The Labute approximate surface area is 150 Å². The van der Waals surface area contributed by atoms with Gasteiger partial charge in [-0.25, -0.2) is 19.2 Å². The number of aromatic nitrogens is 2. The van der Waals surface area contributed by atoms with E-state index in [1.165, 1.54) is 24.7 Å². The topological polar surface area (TPSA) is 52.1 Å². The molecule has 2 rings (SSSR count). The monoisotopic (exact) mass is 292 g/mol. The molecule has 0 saturated carbocycles. The van der Waals surface area contributed by atoms with Crippen LogP contribution in [0.3, 0.4) is 0 Å². The molecule has 0 N–H and O–H groups in total. The Morgan fingerprint density at radius 2 is 2.11 bits per heavy atom. The van der Waals surface area contributed by atoms with Crippen LogP contribution in [0, 0.1) is 5.82 Å². The first-order valence-corrected chi connectivity index (χ1v) is 4.97. The average molecular weight is 293 g/mol. The zero-order chi connectivity index (χ0) is 12.3. The molecule has 1 aromatic heterocycles. The van der Waals surface area contributed by atoms with Gasteiger partial charge < -0.3 is 4.74 Å². The van der Waals surface area contributed by atoms with Gasteiger partial charge in [-0.05, 0) is 18.2 Å². The third-order valence-electron chi connectivity index (χ3n) is 1.84. The molecule has 0 aliphatic heterocycles. The molecule has 88 valence electrons. The molecule has 0 bridgehead atoms. The number of nitrogens with zero attached hydrogens (tertiary/aromatic N) is 2. The number of hydrogen-bond donors (Lipinski definition) is 0. The van der Waals surface area contributed by atoms with Gasteiger partial charge in [-0.3, -0.25) is 0 Å². The Kier molecular flexibility index (Phi) is 6.34. The summed E-state index contributed by atoms with van der Waals surface area (Å²) in [5.41, 5.74) is 0.0837. The number of benzene rings is 1. The Balaban J connectivity index is 0.00000162. The van der Waals surface area contributed by atoms with Crippen LogP contribution in [0.5, 0.6) is 5.75 Å². The van der Waals surface area contributed by atoms with Crippen LogP contribution in [0.4, 0.5) is 4.39 Å². The Morgan fingerprint density at radius 1 is 1.33 bits per heavy atom. The van der Waals surface area contributed by atoms with Gasteiger partial charge in [0.1, 0.15) is 17.9 Å². The van der Waals surface area contributed by atoms with E-state index >= 15 is 0 Å². The maximum absolute atomic E-state index is 13.0. The van der Waals surface area contributed by atoms with E-state index in [0.717, 1.165) is 12.1 Å². The molecule has 0 aliphatic carbocycles. The molecule has 7 heteroatoms. The summed E-state index contributed by atoms with van der Waals surface area (Å²) in [7, 11) is 0. The number of rotatable bonds is 2. The molecule has 1 heterocycles. The van der Waals surface area contributed by atoms with Gasteiger partial charge in [0.05, 0.1) is 0 Å². The van der Waals surface area contributed by atoms with Crippen LogP contribution in [0.1, 0.15) is 10.5 Å². The van der Waals surface area contributed by atoms with Crippen molar-refractivity contribution in [1.29, 1.82) is 0 Å². The fraction of sp³-hybridized carbons (Fsp3) is 0. The average Bonchev–Trinajstić information content (AvgIpc) is 2.28. The van der Waals surface area contributed by atoms with E-state index in [1.54, 1.807) is 0 Å². The number of ether oxygens (including phenoxy) is 1. The second kappa shape index (κ2) is 7.27. The first-order chi connectivity index (χ1) is 8.15. The minimum absolute atomic E-state index is 0. The standard InChI is InChI=1S/C11H6ClFN2O2.K.H/c12-7-3-8(13)5-9(4-7)17-11(16)10-1-2-14-6-15-10;;/h1-6H;;. The quantitative estimate of drug-likeness (QED) is 0.481. The van der Waals surface area contributed by atoms with Crippen molar-refractivity contribution in [2.75, 3.05) is 0 Å². The molecule has 0 saturated heterocycles. The van der Waals surface area contributed by atoms with Gasteiger partial charge in [0, 0.05) is 17.3 Å². The van der Waals surface area contributed by atoms with E-state index in [9.17, 15) is 9.18 Å². The molecular formula is C11H7ClFKN2O2. The molecule has 0 atom stereocenters. The number of halogens is 2. The first kappa shape index (κ1) is 15.7. The number of esters is 1.